The summed E-state index contributed by atoms with van der Waals surface area (Å²) in [5.41, 5.74) is 3.05. The van der Waals surface area contributed by atoms with E-state index in [9.17, 15) is 0 Å². The lowest BCUT2D eigenvalue weighted by atomic mass is 10.3. The van der Waals surface area contributed by atoms with Gasteiger partial charge in [0, 0.05) is 21.5 Å². The number of halogens is 1. The Hall–Kier alpha value is -1.43. The number of hydrogen-bond donors (Lipinski definition) is 1. The van der Waals surface area contributed by atoms with Gasteiger partial charge in [-0.1, -0.05) is 0 Å². The molecule has 0 atom stereocenters. The molecule has 3 nitrogen and oxygen atoms in total. The molecule has 2 aromatic heterocycles. The van der Waals surface area contributed by atoms with E-state index < -0.39 is 0 Å². The van der Waals surface area contributed by atoms with Crippen molar-refractivity contribution >= 4 is 33.6 Å². The predicted octanol–water partition coefficient (Wildman–Crippen LogP) is 3.23. The molecule has 0 aliphatic rings. The molecule has 3 aromatic rings. The van der Waals surface area contributed by atoms with E-state index in [1.165, 1.54) is 3.57 Å². The fraction of sp³-hybridized carbons (Fsp3) is 0. The maximum Gasteiger partial charge on any atom is 0.140 e. The normalized spacial score (nSPS) is 10.8. The monoisotopic (exact) mass is 321 g/mol. The number of hydrogen-bond acceptors (Lipinski definition) is 2. The zero-order valence-corrected chi connectivity index (χ0v) is 10.5. The first kappa shape index (κ1) is 9.77. The number of aromatic nitrogens is 3. The molecular formula is C12H8IN3. The van der Waals surface area contributed by atoms with Crippen LogP contribution in [0.5, 0.6) is 0 Å². The highest BCUT2D eigenvalue weighted by Gasteiger charge is 2.04. The fourth-order valence-corrected chi connectivity index (χ4v) is 2.09. The number of nitrogens with zero attached hydrogens (tertiary/aromatic N) is 2. The lowest BCUT2D eigenvalue weighted by Gasteiger charge is -1.92. The largest absolute Gasteiger partial charge is 0.338 e. The summed E-state index contributed by atoms with van der Waals surface area (Å²) in [6.45, 7) is 0. The molecule has 0 spiro atoms. The van der Waals surface area contributed by atoms with Crippen molar-refractivity contribution in [1.29, 1.82) is 0 Å². The second-order valence-corrected chi connectivity index (χ2v) is 4.73. The third-order valence-electron chi connectivity index (χ3n) is 2.38. The van der Waals surface area contributed by atoms with Crippen molar-refractivity contribution in [1.82, 2.24) is 15.0 Å². The van der Waals surface area contributed by atoms with Crippen LogP contribution in [0.1, 0.15) is 0 Å². The van der Waals surface area contributed by atoms with Crippen LogP contribution in [0.2, 0.25) is 0 Å². The molecule has 0 bridgehead atoms. The standard InChI is InChI=1S/C12H8IN3/c13-9-3-4-10-11(6-9)16-12(15-10)8-2-1-5-14-7-8/h1-7H,(H,15,16). The molecule has 16 heavy (non-hydrogen) atoms. The van der Waals surface area contributed by atoms with Crippen LogP contribution < -0.4 is 0 Å². The molecule has 4 heteroatoms. The molecule has 78 valence electrons. The predicted molar refractivity (Wildman–Crippen MR) is 72.0 cm³/mol. The Morgan fingerprint density at radius 2 is 2.12 bits per heavy atom. The molecule has 0 amide bonds. The van der Waals surface area contributed by atoms with Gasteiger partial charge in [0.25, 0.3) is 0 Å². The molecule has 3 rings (SSSR count). The van der Waals surface area contributed by atoms with Crippen LogP contribution in [-0.4, -0.2) is 15.0 Å². The summed E-state index contributed by atoms with van der Waals surface area (Å²) >= 11 is 2.29. The number of benzene rings is 1. The van der Waals surface area contributed by atoms with Gasteiger partial charge in [0.1, 0.15) is 5.82 Å². The molecule has 0 saturated heterocycles. The summed E-state index contributed by atoms with van der Waals surface area (Å²) in [5.74, 6) is 0.866. The van der Waals surface area contributed by atoms with E-state index in [4.69, 9.17) is 0 Å². The van der Waals surface area contributed by atoms with Gasteiger partial charge in [0.2, 0.25) is 0 Å². The second-order valence-electron chi connectivity index (χ2n) is 3.49. The average Bonchev–Trinajstić information content (AvgIpc) is 2.73. The van der Waals surface area contributed by atoms with Crippen LogP contribution in [0.15, 0.2) is 42.7 Å². The van der Waals surface area contributed by atoms with Crippen molar-refractivity contribution in [2.45, 2.75) is 0 Å². The first-order valence-corrected chi connectivity index (χ1v) is 5.96. The van der Waals surface area contributed by atoms with Gasteiger partial charge >= 0.3 is 0 Å². The summed E-state index contributed by atoms with van der Waals surface area (Å²) in [5, 5.41) is 0. The first-order chi connectivity index (χ1) is 7.83. The van der Waals surface area contributed by atoms with Gasteiger partial charge in [-0.05, 0) is 52.9 Å². The SMILES string of the molecule is Ic1ccc2[nH]c(-c3cccnc3)nc2c1. The second kappa shape index (κ2) is 3.86. The van der Waals surface area contributed by atoms with Crippen molar-refractivity contribution in [3.05, 3.63) is 46.3 Å². The van der Waals surface area contributed by atoms with Gasteiger partial charge in [0.15, 0.2) is 0 Å². The van der Waals surface area contributed by atoms with Crippen molar-refractivity contribution in [2.24, 2.45) is 0 Å². The number of rotatable bonds is 1. The number of imidazole rings is 1. The summed E-state index contributed by atoms with van der Waals surface area (Å²) in [6.07, 6.45) is 3.57. The Labute approximate surface area is 106 Å². The molecule has 0 radical (unpaired) electrons. The Bertz CT molecular complexity index is 631. The van der Waals surface area contributed by atoms with Crippen LogP contribution in [0, 0.1) is 3.57 Å². The van der Waals surface area contributed by atoms with Crippen LogP contribution in [0.25, 0.3) is 22.4 Å². The molecular weight excluding hydrogens is 313 g/mol. The molecule has 0 aliphatic carbocycles. The number of fused-ring (bicyclic) bond motifs is 1. The summed E-state index contributed by atoms with van der Waals surface area (Å²) in [6, 6.07) is 10.1. The van der Waals surface area contributed by atoms with E-state index in [2.05, 4.69) is 49.7 Å². The fourth-order valence-electron chi connectivity index (χ4n) is 1.62. The minimum atomic E-state index is 0.866. The van der Waals surface area contributed by atoms with Crippen molar-refractivity contribution in [2.75, 3.05) is 0 Å². The molecule has 0 saturated carbocycles. The van der Waals surface area contributed by atoms with Gasteiger partial charge in [-0.3, -0.25) is 4.98 Å². The van der Waals surface area contributed by atoms with Gasteiger partial charge in [-0.15, -0.1) is 0 Å². The number of nitrogens with one attached hydrogen (secondary N) is 1. The Morgan fingerprint density at radius 1 is 1.19 bits per heavy atom. The van der Waals surface area contributed by atoms with Crippen LogP contribution in [-0.2, 0) is 0 Å². The summed E-state index contributed by atoms with van der Waals surface area (Å²) in [4.78, 5) is 11.9. The van der Waals surface area contributed by atoms with E-state index in [0.717, 1.165) is 22.4 Å². The van der Waals surface area contributed by atoms with Crippen LogP contribution in [0.3, 0.4) is 0 Å². The maximum absolute atomic E-state index is 4.54. The van der Waals surface area contributed by atoms with Crippen molar-refractivity contribution in [3.63, 3.8) is 0 Å². The number of aromatic amines is 1. The Balaban J connectivity index is 2.19. The Morgan fingerprint density at radius 3 is 2.94 bits per heavy atom. The zero-order valence-electron chi connectivity index (χ0n) is 8.31. The highest BCUT2D eigenvalue weighted by Crippen LogP contribution is 2.20. The number of pyridine rings is 1. The summed E-state index contributed by atoms with van der Waals surface area (Å²) in [7, 11) is 0. The van der Waals surface area contributed by atoms with Crippen molar-refractivity contribution in [3.8, 4) is 11.4 Å². The maximum atomic E-state index is 4.54. The minimum Gasteiger partial charge on any atom is -0.338 e. The highest BCUT2D eigenvalue weighted by atomic mass is 127. The quantitative estimate of drug-likeness (QED) is 0.699. The van der Waals surface area contributed by atoms with Gasteiger partial charge in [-0.2, -0.15) is 0 Å². The highest BCUT2D eigenvalue weighted by molar-refractivity contribution is 14.1. The Kier molecular flexibility index (Phi) is 2.36. The minimum absolute atomic E-state index is 0.866. The molecule has 2 heterocycles. The van der Waals surface area contributed by atoms with Gasteiger partial charge in [-0.25, -0.2) is 4.98 Å². The molecule has 0 aliphatic heterocycles. The van der Waals surface area contributed by atoms with E-state index in [1.54, 1.807) is 6.20 Å². The first-order valence-electron chi connectivity index (χ1n) is 4.88. The van der Waals surface area contributed by atoms with Crippen LogP contribution in [0.4, 0.5) is 0 Å². The van der Waals surface area contributed by atoms with E-state index in [-0.39, 0.29) is 0 Å². The third kappa shape index (κ3) is 1.69. The van der Waals surface area contributed by atoms with E-state index >= 15 is 0 Å². The summed E-state index contributed by atoms with van der Waals surface area (Å²) < 4.78 is 1.19. The topological polar surface area (TPSA) is 41.6 Å². The van der Waals surface area contributed by atoms with Crippen molar-refractivity contribution < 1.29 is 0 Å². The smallest absolute Gasteiger partial charge is 0.140 e. The van der Waals surface area contributed by atoms with Crippen LogP contribution >= 0.6 is 22.6 Å². The van der Waals surface area contributed by atoms with Gasteiger partial charge < -0.3 is 4.98 Å². The third-order valence-corrected chi connectivity index (χ3v) is 3.05. The van der Waals surface area contributed by atoms with Gasteiger partial charge in [0.05, 0.1) is 11.0 Å². The molecule has 0 fully saturated rings. The van der Waals surface area contributed by atoms with E-state index in [0.29, 0.717) is 0 Å². The van der Waals surface area contributed by atoms with E-state index in [1.807, 2.05) is 24.4 Å². The lowest BCUT2D eigenvalue weighted by Crippen LogP contribution is -1.80. The molecule has 1 aromatic carbocycles. The molecule has 0 unspecified atom stereocenters. The zero-order chi connectivity index (χ0) is 11.0. The lowest BCUT2D eigenvalue weighted by molar-refractivity contribution is 1.27. The molecule has 1 N–H and O–H groups in total. The average molecular weight is 321 g/mol. The number of H-pyrrole nitrogens is 1.